The van der Waals surface area contributed by atoms with Gasteiger partial charge in [-0.25, -0.2) is 0 Å². The maximum Gasteiger partial charge on any atom is 1.00 e. The Hall–Kier alpha value is 1.20. The van der Waals surface area contributed by atoms with Gasteiger partial charge in [0.05, 0.1) is 0 Å². The van der Waals surface area contributed by atoms with Crippen LogP contribution in [0.25, 0.3) is 5.73 Å². The maximum absolute atomic E-state index is 12.0. The van der Waals surface area contributed by atoms with E-state index in [0.29, 0.717) is 24.9 Å². The van der Waals surface area contributed by atoms with E-state index in [0.717, 1.165) is 51.7 Å². The van der Waals surface area contributed by atoms with Gasteiger partial charge in [0.1, 0.15) is 0 Å². The zero-order valence-electron chi connectivity index (χ0n) is 14.1. The van der Waals surface area contributed by atoms with E-state index in [9.17, 15) is 4.79 Å². The minimum absolute atomic E-state index is 0. The van der Waals surface area contributed by atoms with Gasteiger partial charge in [0.2, 0.25) is 5.91 Å². The number of carbonyl (C=O) groups excluding carboxylic acids is 1. The average molecular weight is 368 g/mol. The molecule has 1 rings (SSSR count). The SMILES string of the molecule is CCCCCNC1CCN(C(=O)CCCCC[NH-])CC1.[Rb+]. The molecule has 1 saturated heterocycles. The van der Waals surface area contributed by atoms with Crippen LogP contribution in [0.1, 0.15) is 64.7 Å². The molecule has 1 aliphatic rings. The summed E-state index contributed by atoms with van der Waals surface area (Å²) >= 11 is 0. The van der Waals surface area contributed by atoms with E-state index in [1.54, 1.807) is 0 Å². The normalized spacial score (nSPS) is 15.8. The molecule has 1 aliphatic heterocycles. The van der Waals surface area contributed by atoms with Gasteiger partial charge in [-0.05, 0) is 32.2 Å². The fraction of sp³-hybridized carbons (Fsp3) is 0.938. The molecule has 4 nitrogen and oxygen atoms in total. The number of amides is 1. The second kappa shape index (κ2) is 14.8. The average Bonchev–Trinajstić information content (AvgIpc) is 2.48. The molecule has 0 aliphatic carbocycles. The van der Waals surface area contributed by atoms with Crippen LogP contribution in [-0.4, -0.2) is 43.0 Å². The Morgan fingerprint density at radius 3 is 2.48 bits per heavy atom. The van der Waals surface area contributed by atoms with Crippen LogP contribution in [0.2, 0.25) is 0 Å². The van der Waals surface area contributed by atoms with E-state index in [-0.39, 0.29) is 58.2 Å². The molecule has 1 heterocycles. The standard InChI is InChI=1S/C16H32N3O.Rb/c1-2-3-7-12-18-15-9-13-19(14-10-15)16(20)8-5-4-6-11-17;/h15,17-18H,2-14H2,1H3;/q-1;+1. The molecule has 1 fully saturated rings. The van der Waals surface area contributed by atoms with Gasteiger partial charge in [0.25, 0.3) is 0 Å². The van der Waals surface area contributed by atoms with Gasteiger partial charge in [-0.15, -0.1) is 0 Å². The molecule has 0 unspecified atom stereocenters. The molecule has 21 heavy (non-hydrogen) atoms. The first-order valence-corrected chi connectivity index (χ1v) is 8.43. The van der Waals surface area contributed by atoms with Crippen LogP contribution in [0.15, 0.2) is 0 Å². The largest absolute Gasteiger partial charge is 1.00 e. The van der Waals surface area contributed by atoms with Crippen LogP contribution < -0.4 is 63.5 Å². The van der Waals surface area contributed by atoms with Crippen molar-refractivity contribution in [1.82, 2.24) is 10.2 Å². The molecule has 0 aromatic carbocycles. The van der Waals surface area contributed by atoms with Gasteiger partial charge in [0, 0.05) is 25.6 Å². The van der Waals surface area contributed by atoms with Crippen LogP contribution in [0, 0.1) is 0 Å². The van der Waals surface area contributed by atoms with Crippen LogP contribution in [-0.2, 0) is 4.79 Å². The van der Waals surface area contributed by atoms with Crippen molar-refractivity contribution in [2.75, 3.05) is 26.2 Å². The summed E-state index contributed by atoms with van der Waals surface area (Å²) in [5.74, 6) is 0.319. The monoisotopic (exact) mass is 367 g/mol. The third-order valence-corrected chi connectivity index (χ3v) is 4.13. The molecule has 2 N–H and O–H groups in total. The van der Waals surface area contributed by atoms with E-state index >= 15 is 0 Å². The van der Waals surface area contributed by atoms with Crippen molar-refractivity contribution < 1.29 is 63.0 Å². The first-order chi connectivity index (χ1) is 9.77. The number of nitrogens with one attached hydrogen (secondary N) is 2. The molecule has 0 atom stereocenters. The number of unbranched alkanes of at least 4 members (excludes halogenated alkanes) is 4. The van der Waals surface area contributed by atoms with E-state index in [1.807, 2.05) is 4.90 Å². The molecule has 0 aromatic heterocycles. The summed E-state index contributed by atoms with van der Waals surface area (Å²) in [6.45, 7) is 5.68. The van der Waals surface area contributed by atoms with E-state index in [4.69, 9.17) is 5.73 Å². The second-order valence-corrected chi connectivity index (χ2v) is 5.88. The number of likely N-dealkylation sites (tertiary alicyclic amines) is 1. The summed E-state index contributed by atoms with van der Waals surface area (Å²) in [4.78, 5) is 14.1. The van der Waals surface area contributed by atoms with Gasteiger partial charge in [0.15, 0.2) is 0 Å². The Morgan fingerprint density at radius 2 is 1.86 bits per heavy atom. The summed E-state index contributed by atoms with van der Waals surface area (Å²) < 4.78 is 0. The predicted octanol–water partition coefficient (Wildman–Crippen LogP) is 0.374. The Labute approximate surface area is 179 Å². The number of piperidine rings is 1. The van der Waals surface area contributed by atoms with Gasteiger partial charge >= 0.3 is 58.2 Å². The van der Waals surface area contributed by atoms with E-state index in [2.05, 4.69) is 12.2 Å². The summed E-state index contributed by atoms with van der Waals surface area (Å²) in [5, 5.41) is 3.62. The summed E-state index contributed by atoms with van der Waals surface area (Å²) in [7, 11) is 0. The molecular weight excluding hydrogens is 336 g/mol. The Bertz CT molecular complexity index is 256. The number of carbonyl (C=O) groups is 1. The zero-order valence-corrected chi connectivity index (χ0v) is 19.0. The van der Waals surface area contributed by atoms with Crippen molar-refractivity contribution in [1.29, 1.82) is 0 Å². The van der Waals surface area contributed by atoms with Crippen molar-refractivity contribution in [2.24, 2.45) is 0 Å². The molecule has 1 amide bonds. The van der Waals surface area contributed by atoms with Crippen molar-refractivity contribution in [2.45, 2.75) is 70.8 Å². The van der Waals surface area contributed by atoms with Crippen molar-refractivity contribution in [3.8, 4) is 0 Å². The first-order valence-electron chi connectivity index (χ1n) is 8.43. The van der Waals surface area contributed by atoms with Crippen molar-refractivity contribution in [3.05, 3.63) is 5.73 Å². The molecule has 0 aromatic rings. The van der Waals surface area contributed by atoms with Crippen LogP contribution in [0.4, 0.5) is 0 Å². The second-order valence-electron chi connectivity index (χ2n) is 5.88. The fourth-order valence-corrected chi connectivity index (χ4v) is 2.75. The molecular formula is C16H32N3ORb. The van der Waals surface area contributed by atoms with Crippen LogP contribution in [0.5, 0.6) is 0 Å². The summed E-state index contributed by atoms with van der Waals surface area (Å²) in [5.41, 5.74) is 7.09. The minimum atomic E-state index is 0. The third kappa shape index (κ3) is 10.6. The molecule has 0 saturated carbocycles. The Balaban J connectivity index is 0.00000400. The van der Waals surface area contributed by atoms with Crippen molar-refractivity contribution >= 4 is 5.91 Å². The third-order valence-electron chi connectivity index (χ3n) is 4.13. The minimum Gasteiger partial charge on any atom is -0.677 e. The fourth-order valence-electron chi connectivity index (χ4n) is 2.75. The summed E-state index contributed by atoms with van der Waals surface area (Å²) in [6.07, 6.45) is 9.63. The van der Waals surface area contributed by atoms with Crippen LogP contribution in [0.3, 0.4) is 0 Å². The quantitative estimate of drug-likeness (QED) is 0.567. The molecule has 0 spiro atoms. The van der Waals surface area contributed by atoms with E-state index < -0.39 is 0 Å². The Morgan fingerprint density at radius 1 is 1.14 bits per heavy atom. The molecule has 0 radical (unpaired) electrons. The summed E-state index contributed by atoms with van der Waals surface area (Å²) in [6, 6.07) is 0.610. The smallest absolute Gasteiger partial charge is 0.677 e. The van der Waals surface area contributed by atoms with Gasteiger partial charge in [-0.1, -0.05) is 32.6 Å². The topological polar surface area (TPSA) is 56.1 Å². The first kappa shape index (κ1) is 22.2. The Kier molecular flexibility index (Phi) is 15.6. The molecule has 5 heteroatoms. The number of hydrogen-bond donors (Lipinski definition) is 1. The predicted molar refractivity (Wildman–Crippen MR) is 84.8 cm³/mol. The van der Waals surface area contributed by atoms with Gasteiger partial charge in [-0.3, -0.25) is 4.79 Å². The molecule has 118 valence electrons. The van der Waals surface area contributed by atoms with Gasteiger partial charge < -0.3 is 16.0 Å². The van der Waals surface area contributed by atoms with Crippen LogP contribution >= 0.6 is 0 Å². The van der Waals surface area contributed by atoms with E-state index in [1.165, 1.54) is 19.3 Å². The van der Waals surface area contributed by atoms with Crippen molar-refractivity contribution in [3.63, 3.8) is 0 Å². The zero-order chi connectivity index (χ0) is 14.6. The van der Waals surface area contributed by atoms with Gasteiger partial charge in [-0.2, -0.15) is 6.54 Å². The molecule has 0 bridgehead atoms. The maximum atomic E-state index is 12.0. The number of rotatable bonds is 10. The number of nitrogens with zero attached hydrogens (tertiary/aromatic N) is 1. The number of hydrogen-bond acceptors (Lipinski definition) is 2.